The van der Waals surface area contributed by atoms with Crippen molar-refractivity contribution in [3.8, 4) is 0 Å². The summed E-state index contributed by atoms with van der Waals surface area (Å²) in [4.78, 5) is 1.53. The Morgan fingerprint density at radius 2 is 1.53 bits per heavy atom. The fraction of sp³-hybridized carbons (Fsp3) is 0.371. The van der Waals surface area contributed by atoms with E-state index in [0.29, 0.717) is 36.3 Å². The molecule has 0 aliphatic carbocycles. The maximum absolute atomic E-state index is 11.9. The van der Waals surface area contributed by atoms with Gasteiger partial charge in [-0.1, -0.05) is 56.0 Å². The van der Waals surface area contributed by atoms with Gasteiger partial charge in [-0.3, -0.25) is 13.7 Å². The van der Waals surface area contributed by atoms with E-state index in [9.17, 15) is 38.9 Å². The number of methoxy groups -OCH3 is 1. The summed E-state index contributed by atoms with van der Waals surface area (Å²) >= 11 is 0. The predicted molar refractivity (Wildman–Crippen MR) is 192 cm³/mol. The normalized spacial score (nSPS) is 19.3. The van der Waals surface area contributed by atoms with Crippen molar-refractivity contribution in [1.82, 2.24) is 0 Å². The summed E-state index contributed by atoms with van der Waals surface area (Å²) in [5.74, 6) is -0.457. The van der Waals surface area contributed by atoms with Crippen LogP contribution in [0.25, 0.3) is 0 Å². The van der Waals surface area contributed by atoms with Crippen molar-refractivity contribution in [2.45, 2.75) is 67.6 Å². The van der Waals surface area contributed by atoms with Gasteiger partial charge in [0, 0.05) is 42.5 Å². The summed E-state index contributed by atoms with van der Waals surface area (Å²) in [5, 5.41) is 0. The molecule has 0 aromatic heterocycles. The van der Waals surface area contributed by atoms with Crippen LogP contribution in [0.4, 0.5) is 5.69 Å². The lowest BCUT2D eigenvalue weighted by molar-refractivity contribution is 0.178. The number of rotatable bonds is 16. The third kappa shape index (κ3) is 9.66. The maximum Gasteiger partial charge on any atom is 0.294 e. The van der Waals surface area contributed by atoms with E-state index in [-0.39, 0.29) is 22.6 Å². The van der Waals surface area contributed by atoms with Crippen LogP contribution in [0.3, 0.4) is 0 Å². The first kappa shape index (κ1) is 40.1. The van der Waals surface area contributed by atoms with Crippen LogP contribution >= 0.6 is 0 Å². The number of nitrogens with zero attached hydrogens (tertiary/aromatic N) is 1. The molecule has 2 aromatic carbocycles. The zero-order valence-electron chi connectivity index (χ0n) is 28.3. The van der Waals surface area contributed by atoms with E-state index in [1.165, 1.54) is 24.3 Å². The Morgan fingerprint density at radius 1 is 0.939 bits per heavy atom. The third-order valence-electron chi connectivity index (χ3n) is 9.01. The average molecular weight is 736 g/mol. The molecule has 0 saturated heterocycles. The lowest BCUT2D eigenvalue weighted by Gasteiger charge is -2.33. The van der Waals surface area contributed by atoms with Crippen LogP contribution < -0.4 is 4.90 Å². The Hall–Kier alpha value is -3.37. The van der Waals surface area contributed by atoms with Crippen molar-refractivity contribution in [2.75, 3.05) is 30.9 Å². The standard InChI is InChI=1S/C35H45NO10S3/c1-7-36-32-19-18-29(49(43,44)45)25-31(32)35(5,20-13-23-47(37,38)39)33(36)15-12-10-8-9-11-14-27(3)34(4,21-22-46-6)30-24-28(48(40,41)42)17-16-26(30)2/h8-12,14-19,24-25H,3,7,13,20-23H2,1-2,4-6H3,(H,37,38,39)(H,40,41,42)(H,43,44,45)/b9-8+,12-10+,14-11+,33-15+. The van der Waals surface area contributed by atoms with Crippen LogP contribution in [0.5, 0.6) is 0 Å². The second kappa shape index (κ2) is 15.7. The molecule has 49 heavy (non-hydrogen) atoms. The van der Waals surface area contributed by atoms with E-state index in [0.717, 1.165) is 16.9 Å². The fourth-order valence-electron chi connectivity index (χ4n) is 6.23. The van der Waals surface area contributed by atoms with Gasteiger partial charge in [0.15, 0.2) is 0 Å². The molecule has 11 nitrogen and oxygen atoms in total. The van der Waals surface area contributed by atoms with Crippen molar-refractivity contribution in [3.63, 3.8) is 0 Å². The molecule has 3 rings (SSSR count). The third-order valence-corrected chi connectivity index (χ3v) is 11.5. The SMILES string of the molecule is C=C(/C=C/C=C/C=C/C=C1/N(CC)c2ccc(S(=O)(=O)O)cc2C1(C)CCCS(=O)(=O)O)C(C)(CCOC)c1cc(S(=O)(=O)O)ccc1C. The zero-order valence-corrected chi connectivity index (χ0v) is 30.8. The summed E-state index contributed by atoms with van der Waals surface area (Å²) in [6.45, 7) is 12.8. The molecule has 268 valence electrons. The first-order valence-corrected chi connectivity index (χ1v) is 20.0. The van der Waals surface area contributed by atoms with Crippen LogP contribution in [0, 0.1) is 6.92 Å². The van der Waals surface area contributed by atoms with Gasteiger partial charge in [-0.2, -0.15) is 25.3 Å². The van der Waals surface area contributed by atoms with Crippen LogP contribution in [0.2, 0.25) is 0 Å². The number of benzene rings is 2. The monoisotopic (exact) mass is 735 g/mol. The second-order valence-corrected chi connectivity index (χ2v) is 16.8. The van der Waals surface area contributed by atoms with E-state index in [1.807, 2.05) is 44.7 Å². The Morgan fingerprint density at radius 3 is 2.12 bits per heavy atom. The number of anilines is 1. The smallest absolute Gasteiger partial charge is 0.294 e. The van der Waals surface area contributed by atoms with E-state index in [1.54, 1.807) is 49.6 Å². The van der Waals surface area contributed by atoms with Crippen LogP contribution in [0.1, 0.15) is 56.7 Å². The van der Waals surface area contributed by atoms with Crippen LogP contribution in [-0.2, 0) is 45.9 Å². The lowest BCUT2D eigenvalue weighted by atomic mass is 9.72. The highest BCUT2D eigenvalue weighted by Gasteiger charge is 2.43. The van der Waals surface area contributed by atoms with Gasteiger partial charge in [-0.05, 0) is 98.7 Å². The minimum absolute atomic E-state index is 0.112. The number of fused-ring (bicyclic) bond motifs is 1. The molecule has 14 heteroatoms. The first-order valence-electron chi connectivity index (χ1n) is 15.5. The molecule has 0 spiro atoms. The number of hydrogen-bond donors (Lipinski definition) is 3. The summed E-state index contributed by atoms with van der Waals surface area (Å²) < 4.78 is 105. The summed E-state index contributed by atoms with van der Waals surface area (Å²) in [7, 11) is -11.5. The van der Waals surface area contributed by atoms with Gasteiger partial charge in [0.25, 0.3) is 30.4 Å². The van der Waals surface area contributed by atoms with Crippen LogP contribution in [0.15, 0.2) is 107 Å². The Bertz CT molecular complexity index is 2010. The quantitative estimate of drug-likeness (QED) is 0.129. The molecule has 2 unspecified atom stereocenters. The molecule has 2 atom stereocenters. The molecule has 1 aliphatic rings. The zero-order chi connectivity index (χ0) is 36.8. The first-order chi connectivity index (χ1) is 22.7. The van der Waals surface area contributed by atoms with Crippen molar-refractivity contribution >= 4 is 36.0 Å². The topological polar surface area (TPSA) is 176 Å². The lowest BCUT2D eigenvalue weighted by Crippen LogP contribution is -2.29. The number of allylic oxidation sites excluding steroid dienone is 9. The van der Waals surface area contributed by atoms with E-state index < -0.39 is 46.9 Å². The second-order valence-electron chi connectivity index (χ2n) is 12.4. The van der Waals surface area contributed by atoms with Crippen LogP contribution in [-0.4, -0.2) is 64.9 Å². The molecule has 1 heterocycles. The summed E-state index contributed by atoms with van der Waals surface area (Å²) in [6.07, 6.45) is 13.6. The highest BCUT2D eigenvalue weighted by Crippen LogP contribution is 2.51. The molecule has 0 radical (unpaired) electrons. The molecule has 0 fully saturated rings. The predicted octanol–water partition coefficient (Wildman–Crippen LogP) is 6.36. The molecular formula is C35H45NO10S3. The van der Waals surface area contributed by atoms with Gasteiger partial charge in [-0.25, -0.2) is 0 Å². The van der Waals surface area contributed by atoms with Crippen molar-refractivity contribution in [2.24, 2.45) is 0 Å². The van der Waals surface area contributed by atoms with Gasteiger partial charge in [0.1, 0.15) is 0 Å². The average Bonchev–Trinajstić information content (AvgIpc) is 3.24. The van der Waals surface area contributed by atoms with E-state index >= 15 is 0 Å². The number of aryl methyl sites for hydroxylation is 1. The molecule has 0 saturated carbocycles. The highest BCUT2D eigenvalue weighted by molar-refractivity contribution is 7.86. The van der Waals surface area contributed by atoms with Gasteiger partial charge in [0.05, 0.1) is 15.5 Å². The minimum Gasteiger partial charge on any atom is -0.385 e. The number of likely N-dealkylation sites (N-methyl/N-ethyl adjacent to an activating group) is 1. The Labute approximate surface area is 290 Å². The molecule has 2 aromatic rings. The molecule has 3 N–H and O–H groups in total. The van der Waals surface area contributed by atoms with Gasteiger partial charge < -0.3 is 9.64 Å². The van der Waals surface area contributed by atoms with Gasteiger partial charge >= 0.3 is 0 Å². The summed E-state index contributed by atoms with van der Waals surface area (Å²) in [5.41, 5.74) is 2.83. The van der Waals surface area contributed by atoms with E-state index in [2.05, 4.69) is 6.58 Å². The number of ether oxygens (including phenoxy) is 1. The molecule has 0 bridgehead atoms. The number of hydrogen-bond acceptors (Lipinski definition) is 8. The summed E-state index contributed by atoms with van der Waals surface area (Å²) in [6, 6.07) is 8.82. The largest absolute Gasteiger partial charge is 0.385 e. The minimum atomic E-state index is -4.49. The molecular weight excluding hydrogens is 691 g/mol. The Kier molecular flexibility index (Phi) is 12.8. The van der Waals surface area contributed by atoms with Gasteiger partial charge in [-0.15, -0.1) is 0 Å². The van der Waals surface area contributed by atoms with Crippen molar-refractivity contribution in [1.29, 1.82) is 0 Å². The van der Waals surface area contributed by atoms with E-state index in [4.69, 9.17) is 4.74 Å². The molecule has 1 aliphatic heterocycles. The highest BCUT2D eigenvalue weighted by atomic mass is 32.2. The fourth-order valence-corrected chi connectivity index (χ4v) is 7.75. The van der Waals surface area contributed by atoms with Crippen molar-refractivity contribution in [3.05, 3.63) is 113 Å². The van der Waals surface area contributed by atoms with Gasteiger partial charge in [0.2, 0.25) is 0 Å². The van der Waals surface area contributed by atoms with Crippen molar-refractivity contribution < 1.29 is 43.6 Å². The maximum atomic E-state index is 11.9. The Balaban J connectivity index is 1.91. The molecule has 0 amide bonds.